The van der Waals surface area contributed by atoms with Crippen molar-refractivity contribution in [3.8, 4) is 0 Å². The van der Waals surface area contributed by atoms with Crippen molar-refractivity contribution in [2.24, 2.45) is 0 Å². The molecule has 2 fully saturated rings. The van der Waals surface area contributed by atoms with Gasteiger partial charge in [0.05, 0.1) is 18.8 Å². The van der Waals surface area contributed by atoms with Crippen molar-refractivity contribution in [2.75, 3.05) is 38.2 Å². The SMILES string of the molecule is Cc1nc2ncnn2c(N2CC3OCCN(C)C3C2)c1C. The average Bonchev–Trinajstić information content (AvgIpc) is 3.07. The molecular formula is C14H20N6O. The Balaban J connectivity index is 1.77. The second-order valence-electron chi connectivity index (χ2n) is 5.98. The lowest BCUT2D eigenvalue weighted by Crippen LogP contribution is -2.48. The van der Waals surface area contributed by atoms with Crippen LogP contribution in [0.5, 0.6) is 0 Å². The number of morpholine rings is 1. The molecule has 0 spiro atoms. The Kier molecular flexibility index (Phi) is 2.87. The summed E-state index contributed by atoms with van der Waals surface area (Å²) in [7, 11) is 2.18. The highest BCUT2D eigenvalue weighted by atomic mass is 16.5. The fourth-order valence-electron chi connectivity index (χ4n) is 3.42. The third-order valence-electron chi connectivity index (χ3n) is 4.75. The maximum absolute atomic E-state index is 5.94. The summed E-state index contributed by atoms with van der Waals surface area (Å²) in [5.41, 5.74) is 2.17. The summed E-state index contributed by atoms with van der Waals surface area (Å²) >= 11 is 0. The van der Waals surface area contributed by atoms with Crippen LogP contribution in [0, 0.1) is 13.8 Å². The predicted octanol–water partition coefficient (Wildman–Crippen LogP) is 0.260. The summed E-state index contributed by atoms with van der Waals surface area (Å²) < 4.78 is 7.79. The highest BCUT2D eigenvalue weighted by Gasteiger charge is 2.40. The van der Waals surface area contributed by atoms with Crippen LogP contribution in [0.3, 0.4) is 0 Å². The van der Waals surface area contributed by atoms with Crippen LogP contribution in [0.25, 0.3) is 5.78 Å². The Morgan fingerprint density at radius 2 is 2.14 bits per heavy atom. The molecule has 2 aromatic heterocycles. The lowest BCUT2D eigenvalue weighted by Gasteiger charge is -2.33. The van der Waals surface area contributed by atoms with Crippen molar-refractivity contribution in [2.45, 2.75) is 26.0 Å². The Bertz CT molecular complexity index is 683. The summed E-state index contributed by atoms with van der Waals surface area (Å²) in [6.45, 7) is 7.81. The highest BCUT2D eigenvalue weighted by Crippen LogP contribution is 2.29. The van der Waals surface area contributed by atoms with Gasteiger partial charge in [-0.15, -0.1) is 0 Å². The van der Waals surface area contributed by atoms with Crippen LogP contribution >= 0.6 is 0 Å². The molecule has 7 heteroatoms. The van der Waals surface area contributed by atoms with Crippen LogP contribution in [0.15, 0.2) is 6.33 Å². The number of likely N-dealkylation sites (N-methyl/N-ethyl adjacent to an activating group) is 1. The monoisotopic (exact) mass is 288 g/mol. The Labute approximate surface area is 123 Å². The van der Waals surface area contributed by atoms with Gasteiger partial charge in [-0.25, -0.2) is 4.98 Å². The maximum atomic E-state index is 5.94. The molecular weight excluding hydrogens is 268 g/mol. The van der Waals surface area contributed by atoms with Crippen molar-refractivity contribution < 1.29 is 4.74 Å². The van der Waals surface area contributed by atoms with Gasteiger partial charge in [0.25, 0.3) is 5.78 Å². The van der Waals surface area contributed by atoms with Gasteiger partial charge in [0, 0.05) is 30.9 Å². The number of aryl methyl sites for hydroxylation is 1. The lowest BCUT2D eigenvalue weighted by atomic mass is 10.1. The molecule has 0 saturated carbocycles. The van der Waals surface area contributed by atoms with Crippen LogP contribution in [0.1, 0.15) is 11.3 Å². The maximum Gasteiger partial charge on any atom is 0.254 e. The Morgan fingerprint density at radius 3 is 2.95 bits per heavy atom. The van der Waals surface area contributed by atoms with Crippen LogP contribution in [0.4, 0.5) is 5.82 Å². The van der Waals surface area contributed by atoms with E-state index in [0.717, 1.165) is 43.3 Å². The first-order chi connectivity index (χ1) is 10.1. The van der Waals surface area contributed by atoms with Gasteiger partial charge in [-0.2, -0.15) is 14.6 Å². The first kappa shape index (κ1) is 13.0. The number of hydrogen-bond donors (Lipinski definition) is 0. The van der Waals surface area contributed by atoms with Crippen LogP contribution in [0.2, 0.25) is 0 Å². The summed E-state index contributed by atoms with van der Waals surface area (Å²) in [4.78, 5) is 13.5. The van der Waals surface area contributed by atoms with Gasteiger partial charge in [-0.3, -0.25) is 4.90 Å². The quantitative estimate of drug-likeness (QED) is 0.750. The van der Waals surface area contributed by atoms with Crippen LogP contribution < -0.4 is 4.90 Å². The molecule has 0 aromatic carbocycles. The second kappa shape index (κ2) is 4.64. The largest absolute Gasteiger partial charge is 0.373 e. The minimum Gasteiger partial charge on any atom is -0.373 e. The number of nitrogens with zero attached hydrogens (tertiary/aromatic N) is 6. The standard InChI is InChI=1S/C14H20N6O/c1-9-10(2)17-14-15-8-16-20(14)13(9)19-6-11-12(7-19)21-5-4-18(11)3/h8,11-12H,4-7H2,1-3H3. The second-order valence-corrected chi connectivity index (χ2v) is 5.98. The van der Waals surface area contributed by atoms with Crippen molar-refractivity contribution >= 4 is 11.6 Å². The van der Waals surface area contributed by atoms with Gasteiger partial charge in [0.2, 0.25) is 0 Å². The molecule has 0 aliphatic carbocycles. The molecule has 2 aromatic rings. The topological polar surface area (TPSA) is 58.8 Å². The van der Waals surface area contributed by atoms with Crippen molar-refractivity contribution in [1.29, 1.82) is 0 Å². The number of ether oxygens (including phenoxy) is 1. The van der Waals surface area contributed by atoms with Gasteiger partial charge in [-0.1, -0.05) is 0 Å². The Morgan fingerprint density at radius 1 is 1.29 bits per heavy atom. The predicted molar refractivity (Wildman–Crippen MR) is 78.6 cm³/mol. The van der Waals surface area contributed by atoms with Crippen LogP contribution in [-0.4, -0.2) is 69.9 Å². The molecule has 2 atom stereocenters. The van der Waals surface area contributed by atoms with Gasteiger partial charge < -0.3 is 9.64 Å². The van der Waals surface area contributed by atoms with Gasteiger partial charge >= 0.3 is 0 Å². The smallest absolute Gasteiger partial charge is 0.254 e. The van der Waals surface area contributed by atoms with E-state index in [-0.39, 0.29) is 6.10 Å². The third kappa shape index (κ3) is 1.91. The zero-order valence-electron chi connectivity index (χ0n) is 12.7. The summed E-state index contributed by atoms with van der Waals surface area (Å²) in [5.74, 6) is 1.76. The zero-order chi connectivity index (χ0) is 14.6. The van der Waals surface area contributed by atoms with Crippen molar-refractivity contribution in [1.82, 2.24) is 24.5 Å². The van der Waals surface area contributed by atoms with Gasteiger partial charge in [0.1, 0.15) is 12.1 Å². The number of rotatable bonds is 1. The molecule has 7 nitrogen and oxygen atoms in total. The molecule has 112 valence electrons. The van der Waals surface area contributed by atoms with E-state index < -0.39 is 0 Å². The normalized spacial score (nSPS) is 26.5. The molecule has 2 aliphatic heterocycles. The first-order valence-corrected chi connectivity index (χ1v) is 7.39. The molecule has 4 rings (SSSR count). The molecule has 2 aliphatic rings. The van der Waals surface area contributed by atoms with E-state index in [2.05, 4.69) is 38.8 Å². The third-order valence-corrected chi connectivity index (χ3v) is 4.75. The summed E-state index contributed by atoms with van der Waals surface area (Å²) in [6, 6.07) is 0.449. The van der Waals surface area contributed by atoms with Crippen LogP contribution in [-0.2, 0) is 4.74 Å². The van der Waals surface area contributed by atoms with E-state index in [4.69, 9.17) is 4.74 Å². The molecule has 4 heterocycles. The minimum atomic E-state index is 0.273. The number of aromatic nitrogens is 4. The van der Waals surface area contributed by atoms with Crippen molar-refractivity contribution in [3.05, 3.63) is 17.6 Å². The fourth-order valence-corrected chi connectivity index (χ4v) is 3.42. The van der Waals surface area contributed by atoms with E-state index >= 15 is 0 Å². The molecule has 0 bridgehead atoms. The minimum absolute atomic E-state index is 0.273. The molecule has 2 saturated heterocycles. The van der Waals surface area contributed by atoms with E-state index in [1.165, 1.54) is 0 Å². The van der Waals surface area contributed by atoms with Crippen molar-refractivity contribution in [3.63, 3.8) is 0 Å². The average molecular weight is 288 g/mol. The molecule has 0 radical (unpaired) electrons. The fraction of sp³-hybridized carbons (Fsp3) is 0.643. The molecule has 21 heavy (non-hydrogen) atoms. The summed E-state index contributed by atoms with van der Waals surface area (Å²) in [5, 5.41) is 4.35. The zero-order valence-corrected chi connectivity index (χ0v) is 12.7. The lowest BCUT2D eigenvalue weighted by molar-refractivity contribution is -0.0362. The van der Waals surface area contributed by atoms with E-state index in [1.54, 1.807) is 6.33 Å². The first-order valence-electron chi connectivity index (χ1n) is 7.39. The molecule has 0 N–H and O–H groups in total. The molecule has 0 amide bonds. The van der Waals surface area contributed by atoms with E-state index in [1.807, 2.05) is 11.4 Å². The highest BCUT2D eigenvalue weighted by molar-refractivity contribution is 5.55. The molecule has 2 unspecified atom stereocenters. The van der Waals surface area contributed by atoms with Gasteiger partial charge in [-0.05, 0) is 20.9 Å². The summed E-state index contributed by atoms with van der Waals surface area (Å²) in [6.07, 6.45) is 1.84. The number of anilines is 1. The number of hydrogen-bond acceptors (Lipinski definition) is 6. The van der Waals surface area contributed by atoms with E-state index in [9.17, 15) is 0 Å². The van der Waals surface area contributed by atoms with Gasteiger partial charge in [0.15, 0.2) is 0 Å². The Hall–Kier alpha value is -1.73. The number of fused-ring (bicyclic) bond motifs is 2. The van der Waals surface area contributed by atoms with E-state index in [0.29, 0.717) is 11.8 Å².